The Morgan fingerprint density at radius 3 is 2.90 bits per heavy atom. The molecule has 2 aliphatic heterocycles. The maximum Gasteiger partial charge on any atom is 0.178 e. The fourth-order valence-electron chi connectivity index (χ4n) is 3.25. The number of benzene rings is 1. The van der Waals surface area contributed by atoms with Gasteiger partial charge in [0, 0.05) is 25.2 Å². The first-order valence-electron chi connectivity index (χ1n) is 7.42. The first kappa shape index (κ1) is 15.0. The topological polar surface area (TPSA) is 72.6 Å². The van der Waals surface area contributed by atoms with Gasteiger partial charge in [-0.15, -0.1) is 0 Å². The van der Waals surface area contributed by atoms with Crippen molar-refractivity contribution < 1.29 is 13.2 Å². The first-order valence-corrected chi connectivity index (χ1v) is 9.07. The van der Waals surface area contributed by atoms with Crippen molar-refractivity contribution in [1.82, 2.24) is 4.90 Å². The molecule has 1 aromatic carbocycles. The van der Waals surface area contributed by atoms with E-state index < -0.39 is 9.84 Å². The standard InChI is InChI=1S/C15H22N2O3S/c1-11(16)14-10-17(7-8-20-14)13-6-9-21(18,19)15-5-3-2-4-12(13)15/h2-5,11,13-14H,6-10,16H2,1H3. The van der Waals surface area contributed by atoms with Crippen LogP contribution in [0.4, 0.5) is 0 Å². The first-order chi connectivity index (χ1) is 9.99. The lowest BCUT2D eigenvalue weighted by molar-refractivity contribution is -0.0531. The molecule has 2 heterocycles. The molecule has 3 atom stereocenters. The third-order valence-corrected chi connectivity index (χ3v) is 6.24. The summed E-state index contributed by atoms with van der Waals surface area (Å²) in [5.41, 5.74) is 6.87. The second-order valence-corrected chi connectivity index (χ2v) is 8.00. The van der Waals surface area contributed by atoms with Crippen LogP contribution in [0.25, 0.3) is 0 Å². The molecule has 6 heteroatoms. The van der Waals surface area contributed by atoms with E-state index in [0.29, 0.717) is 17.9 Å². The number of rotatable bonds is 2. The average molecular weight is 310 g/mol. The molecule has 2 N–H and O–H groups in total. The lowest BCUT2D eigenvalue weighted by atomic mass is 10.00. The predicted octanol–water partition coefficient (Wildman–Crippen LogP) is 0.953. The minimum Gasteiger partial charge on any atom is -0.374 e. The Kier molecular flexibility index (Phi) is 4.05. The van der Waals surface area contributed by atoms with Crippen LogP contribution in [-0.2, 0) is 14.6 Å². The zero-order valence-electron chi connectivity index (χ0n) is 12.2. The van der Waals surface area contributed by atoms with E-state index in [1.807, 2.05) is 19.1 Å². The van der Waals surface area contributed by atoms with Crippen molar-refractivity contribution in [2.24, 2.45) is 5.73 Å². The normalized spacial score (nSPS) is 30.6. The van der Waals surface area contributed by atoms with Gasteiger partial charge in [-0.25, -0.2) is 8.42 Å². The molecule has 5 nitrogen and oxygen atoms in total. The summed E-state index contributed by atoms with van der Waals surface area (Å²) in [7, 11) is -3.13. The zero-order valence-corrected chi connectivity index (χ0v) is 13.1. The van der Waals surface area contributed by atoms with Gasteiger partial charge in [-0.1, -0.05) is 18.2 Å². The van der Waals surface area contributed by atoms with Crippen LogP contribution in [0.5, 0.6) is 0 Å². The monoisotopic (exact) mass is 310 g/mol. The minimum absolute atomic E-state index is 0.0180. The summed E-state index contributed by atoms with van der Waals surface area (Å²) in [4.78, 5) is 2.82. The highest BCUT2D eigenvalue weighted by Crippen LogP contribution is 2.36. The Morgan fingerprint density at radius 1 is 1.38 bits per heavy atom. The number of morpholine rings is 1. The molecule has 1 saturated heterocycles. The highest BCUT2D eigenvalue weighted by Gasteiger charge is 2.36. The smallest absolute Gasteiger partial charge is 0.178 e. The molecule has 0 aromatic heterocycles. The van der Waals surface area contributed by atoms with E-state index >= 15 is 0 Å². The predicted molar refractivity (Wildman–Crippen MR) is 80.8 cm³/mol. The third kappa shape index (κ3) is 2.85. The van der Waals surface area contributed by atoms with Crippen molar-refractivity contribution in [1.29, 1.82) is 0 Å². The maximum atomic E-state index is 12.2. The highest BCUT2D eigenvalue weighted by molar-refractivity contribution is 7.91. The van der Waals surface area contributed by atoms with Crippen LogP contribution < -0.4 is 5.73 Å². The summed E-state index contributed by atoms with van der Waals surface area (Å²) in [6.07, 6.45) is 0.662. The molecule has 116 valence electrons. The summed E-state index contributed by atoms with van der Waals surface area (Å²) in [5.74, 6) is 0.217. The van der Waals surface area contributed by atoms with Gasteiger partial charge in [0.1, 0.15) is 0 Å². The van der Waals surface area contributed by atoms with Gasteiger partial charge in [0.05, 0.1) is 23.4 Å². The number of fused-ring (bicyclic) bond motifs is 1. The molecule has 2 aliphatic rings. The van der Waals surface area contributed by atoms with Gasteiger partial charge in [0.2, 0.25) is 0 Å². The number of sulfone groups is 1. The van der Waals surface area contributed by atoms with Crippen LogP contribution >= 0.6 is 0 Å². The molecule has 21 heavy (non-hydrogen) atoms. The number of ether oxygens (including phenoxy) is 1. The highest BCUT2D eigenvalue weighted by atomic mass is 32.2. The van der Waals surface area contributed by atoms with Gasteiger partial charge in [-0.05, 0) is 25.0 Å². The third-order valence-electron chi connectivity index (χ3n) is 4.43. The van der Waals surface area contributed by atoms with Gasteiger partial charge in [-0.3, -0.25) is 4.90 Å². The largest absolute Gasteiger partial charge is 0.374 e. The SMILES string of the molecule is CC(N)C1CN(C2CCS(=O)(=O)c3ccccc32)CCO1. The minimum atomic E-state index is -3.13. The lowest BCUT2D eigenvalue weighted by Crippen LogP contribution is -2.51. The van der Waals surface area contributed by atoms with Gasteiger partial charge in [0.15, 0.2) is 9.84 Å². The Labute approximate surface area is 126 Å². The summed E-state index contributed by atoms with van der Waals surface area (Å²) in [5, 5.41) is 0. The summed E-state index contributed by atoms with van der Waals surface area (Å²) in [6, 6.07) is 7.50. The zero-order chi connectivity index (χ0) is 15.0. The van der Waals surface area contributed by atoms with Crippen LogP contribution in [0, 0.1) is 0 Å². The van der Waals surface area contributed by atoms with E-state index in [4.69, 9.17) is 10.5 Å². The quantitative estimate of drug-likeness (QED) is 0.880. The van der Waals surface area contributed by atoms with Gasteiger partial charge in [-0.2, -0.15) is 0 Å². The second kappa shape index (κ2) is 5.68. The molecule has 3 rings (SSSR count). The fraction of sp³-hybridized carbons (Fsp3) is 0.600. The van der Waals surface area contributed by atoms with E-state index in [2.05, 4.69) is 4.90 Å². The summed E-state index contributed by atoms with van der Waals surface area (Å²) < 4.78 is 30.1. The Bertz CT molecular complexity index is 615. The molecular formula is C15H22N2O3S. The van der Waals surface area contributed by atoms with Crippen molar-refractivity contribution in [3.8, 4) is 0 Å². The van der Waals surface area contributed by atoms with Crippen molar-refractivity contribution in [2.45, 2.75) is 36.4 Å². The van der Waals surface area contributed by atoms with E-state index in [1.165, 1.54) is 0 Å². The van der Waals surface area contributed by atoms with Crippen LogP contribution in [0.2, 0.25) is 0 Å². The number of hydrogen-bond donors (Lipinski definition) is 1. The number of nitrogens with two attached hydrogens (primary N) is 1. The summed E-state index contributed by atoms with van der Waals surface area (Å²) in [6.45, 7) is 4.18. The second-order valence-electron chi connectivity index (χ2n) is 5.92. The van der Waals surface area contributed by atoms with Crippen LogP contribution in [-0.4, -0.2) is 50.9 Å². The molecule has 0 aliphatic carbocycles. The fourth-order valence-corrected chi connectivity index (χ4v) is 4.85. The van der Waals surface area contributed by atoms with Crippen molar-refractivity contribution >= 4 is 9.84 Å². The molecule has 0 spiro atoms. The molecule has 0 amide bonds. The van der Waals surface area contributed by atoms with Crippen molar-refractivity contribution in [3.05, 3.63) is 29.8 Å². The molecule has 0 radical (unpaired) electrons. The Morgan fingerprint density at radius 2 is 2.14 bits per heavy atom. The Balaban J connectivity index is 1.90. The lowest BCUT2D eigenvalue weighted by Gasteiger charge is -2.41. The molecule has 1 aromatic rings. The van der Waals surface area contributed by atoms with Crippen molar-refractivity contribution in [2.75, 3.05) is 25.4 Å². The Hall–Kier alpha value is -0.950. The van der Waals surface area contributed by atoms with Crippen molar-refractivity contribution in [3.63, 3.8) is 0 Å². The van der Waals surface area contributed by atoms with Crippen LogP contribution in [0.1, 0.15) is 24.9 Å². The van der Waals surface area contributed by atoms with E-state index in [-0.39, 0.29) is 23.9 Å². The maximum absolute atomic E-state index is 12.2. The van der Waals surface area contributed by atoms with Crippen LogP contribution in [0.3, 0.4) is 0 Å². The van der Waals surface area contributed by atoms with Crippen LogP contribution in [0.15, 0.2) is 29.2 Å². The molecule has 1 fully saturated rings. The molecule has 3 unspecified atom stereocenters. The molecule has 0 bridgehead atoms. The van der Waals surface area contributed by atoms with E-state index in [1.54, 1.807) is 12.1 Å². The van der Waals surface area contributed by atoms with Gasteiger partial charge < -0.3 is 10.5 Å². The van der Waals surface area contributed by atoms with E-state index in [0.717, 1.165) is 18.7 Å². The molecule has 0 saturated carbocycles. The molecular weight excluding hydrogens is 288 g/mol. The van der Waals surface area contributed by atoms with Gasteiger partial charge >= 0.3 is 0 Å². The summed E-state index contributed by atoms with van der Waals surface area (Å²) >= 11 is 0. The number of hydrogen-bond acceptors (Lipinski definition) is 5. The number of nitrogens with zero attached hydrogens (tertiary/aromatic N) is 1. The van der Waals surface area contributed by atoms with E-state index in [9.17, 15) is 8.42 Å². The average Bonchev–Trinajstić information content (AvgIpc) is 2.47. The van der Waals surface area contributed by atoms with Gasteiger partial charge in [0.25, 0.3) is 0 Å².